The Morgan fingerprint density at radius 1 is 1.37 bits per heavy atom. The molecule has 102 valence electrons. The van der Waals surface area contributed by atoms with E-state index in [-0.39, 0.29) is 13.0 Å². The first-order valence-corrected chi connectivity index (χ1v) is 5.87. The summed E-state index contributed by atoms with van der Waals surface area (Å²) in [5.41, 5.74) is 0.744. The van der Waals surface area contributed by atoms with E-state index in [4.69, 9.17) is 14.6 Å². The van der Waals surface area contributed by atoms with Gasteiger partial charge >= 0.3 is 5.97 Å². The Balaban J connectivity index is 2.19. The van der Waals surface area contributed by atoms with Crippen molar-refractivity contribution in [1.29, 1.82) is 0 Å². The maximum Gasteiger partial charge on any atom is 0.304 e. The smallest absolute Gasteiger partial charge is 0.304 e. The first-order valence-electron chi connectivity index (χ1n) is 5.87. The van der Waals surface area contributed by atoms with E-state index in [0.29, 0.717) is 31.2 Å². The molecule has 1 atom stereocenters. The molecule has 0 aliphatic carbocycles. The molecule has 0 radical (unpaired) electrons. The fraction of sp³-hybridized carbons (Fsp3) is 0.385. The molecule has 19 heavy (non-hydrogen) atoms. The van der Waals surface area contributed by atoms with Crippen molar-refractivity contribution in [2.75, 3.05) is 19.8 Å². The molecule has 0 aromatic heterocycles. The fourth-order valence-electron chi connectivity index (χ4n) is 1.95. The van der Waals surface area contributed by atoms with Crippen LogP contribution in [0.25, 0.3) is 0 Å². The number of carbonyl (C=O) groups excluding carboxylic acids is 1. The van der Waals surface area contributed by atoms with Crippen molar-refractivity contribution in [3.8, 4) is 11.5 Å². The number of carboxylic acid groups (broad SMARTS) is 1. The second-order valence-electron chi connectivity index (χ2n) is 4.13. The summed E-state index contributed by atoms with van der Waals surface area (Å²) in [6, 6.07) is 5.23. The van der Waals surface area contributed by atoms with Gasteiger partial charge in [0.2, 0.25) is 0 Å². The number of ether oxygens (including phenoxy) is 3. The molecule has 0 saturated heterocycles. The third-order valence-electron chi connectivity index (χ3n) is 2.82. The zero-order valence-corrected chi connectivity index (χ0v) is 10.2. The standard InChI is InChI=1S/C13H14O6/c14-8-17-7-10(6-13(15)16)9-1-2-11-12(5-9)19-4-3-18-11/h1-2,5,8,10H,3-4,6-7H2,(H,15,16). The highest BCUT2D eigenvalue weighted by molar-refractivity contribution is 5.68. The van der Waals surface area contributed by atoms with Crippen molar-refractivity contribution in [2.24, 2.45) is 0 Å². The summed E-state index contributed by atoms with van der Waals surface area (Å²) in [6.45, 7) is 1.30. The van der Waals surface area contributed by atoms with Crippen LogP contribution in [0.1, 0.15) is 17.9 Å². The molecular weight excluding hydrogens is 252 g/mol. The van der Waals surface area contributed by atoms with Crippen molar-refractivity contribution in [2.45, 2.75) is 12.3 Å². The Bertz CT molecular complexity index is 470. The van der Waals surface area contributed by atoms with Crippen LogP contribution in [0.15, 0.2) is 18.2 Å². The highest BCUT2D eigenvalue weighted by Crippen LogP contribution is 2.34. The lowest BCUT2D eigenvalue weighted by atomic mass is 9.96. The van der Waals surface area contributed by atoms with E-state index in [1.807, 2.05) is 0 Å². The van der Waals surface area contributed by atoms with Gasteiger partial charge in [0.05, 0.1) is 13.0 Å². The monoisotopic (exact) mass is 266 g/mol. The third-order valence-corrected chi connectivity index (χ3v) is 2.82. The Morgan fingerprint density at radius 3 is 2.79 bits per heavy atom. The SMILES string of the molecule is O=COCC(CC(=O)O)c1ccc2c(c1)OCCO2. The van der Waals surface area contributed by atoms with E-state index >= 15 is 0 Å². The summed E-state index contributed by atoms with van der Waals surface area (Å²) >= 11 is 0. The van der Waals surface area contributed by atoms with Crippen LogP contribution >= 0.6 is 0 Å². The summed E-state index contributed by atoms with van der Waals surface area (Å²) in [6.07, 6.45) is -0.118. The second kappa shape index (κ2) is 6.08. The van der Waals surface area contributed by atoms with E-state index < -0.39 is 11.9 Å². The summed E-state index contributed by atoms with van der Waals surface area (Å²) in [5, 5.41) is 8.88. The molecule has 1 aliphatic rings. The molecule has 1 aromatic carbocycles. The van der Waals surface area contributed by atoms with E-state index in [1.54, 1.807) is 18.2 Å². The number of benzene rings is 1. The maximum atomic E-state index is 10.8. The predicted octanol–water partition coefficient (Wildman–Crippen LogP) is 1.19. The van der Waals surface area contributed by atoms with E-state index in [0.717, 1.165) is 5.56 Å². The molecule has 0 saturated carbocycles. The Morgan fingerprint density at radius 2 is 2.11 bits per heavy atom. The normalized spacial score (nSPS) is 14.5. The van der Waals surface area contributed by atoms with E-state index in [1.165, 1.54) is 0 Å². The van der Waals surface area contributed by atoms with Gasteiger partial charge in [0.15, 0.2) is 11.5 Å². The molecule has 0 spiro atoms. The minimum absolute atomic E-state index is 0.0233. The molecule has 1 aromatic rings. The molecular formula is C13H14O6. The van der Waals surface area contributed by atoms with Crippen molar-refractivity contribution >= 4 is 12.4 Å². The van der Waals surface area contributed by atoms with Gasteiger partial charge in [0.1, 0.15) is 13.2 Å². The summed E-state index contributed by atoms with van der Waals surface area (Å²) in [5.74, 6) is -0.126. The van der Waals surface area contributed by atoms with Gasteiger partial charge in [0.25, 0.3) is 6.47 Å². The number of carbonyl (C=O) groups is 2. The first-order chi connectivity index (χ1) is 9.20. The van der Waals surface area contributed by atoms with Crippen LogP contribution < -0.4 is 9.47 Å². The lowest BCUT2D eigenvalue weighted by Gasteiger charge is -2.21. The summed E-state index contributed by atoms with van der Waals surface area (Å²) in [7, 11) is 0. The predicted molar refractivity (Wildman–Crippen MR) is 64.4 cm³/mol. The van der Waals surface area contributed by atoms with Gasteiger partial charge in [-0.3, -0.25) is 9.59 Å². The minimum atomic E-state index is -0.950. The molecule has 6 nitrogen and oxygen atoms in total. The third kappa shape index (κ3) is 3.37. The van der Waals surface area contributed by atoms with Gasteiger partial charge in [-0.25, -0.2) is 0 Å². The number of hydrogen-bond donors (Lipinski definition) is 1. The minimum Gasteiger partial charge on any atom is -0.486 e. The molecule has 1 unspecified atom stereocenters. The number of hydrogen-bond acceptors (Lipinski definition) is 5. The number of rotatable bonds is 6. The van der Waals surface area contributed by atoms with Crippen LogP contribution in [0.5, 0.6) is 11.5 Å². The zero-order chi connectivity index (χ0) is 13.7. The van der Waals surface area contributed by atoms with Crippen LogP contribution in [0, 0.1) is 0 Å². The van der Waals surface area contributed by atoms with Crippen molar-refractivity contribution in [1.82, 2.24) is 0 Å². The zero-order valence-electron chi connectivity index (χ0n) is 10.2. The average Bonchev–Trinajstić information content (AvgIpc) is 2.42. The first kappa shape index (κ1) is 13.2. The molecule has 0 amide bonds. The van der Waals surface area contributed by atoms with Crippen LogP contribution in [0.4, 0.5) is 0 Å². The highest BCUT2D eigenvalue weighted by Gasteiger charge is 2.20. The number of fused-ring (bicyclic) bond motifs is 1. The van der Waals surface area contributed by atoms with Gasteiger partial charge in [-0.2, -0.15) is 0 Å². The molecule has 6 heteroatoms. The molecule has 2 rings (SSSR count). The lowest BCUT2D eigenvalue weighted by molar-refractivity contribution is -0.139. The molecule has 1 aliphatic heterocycles. The van der Waals surface area contributed by atoms with E-state index in [9.17, 15) is 9.59 Å². The van der Waals surface area contributed by atoms with Gasteiger partial charge < -0.3 is 19.3 Å². The molecule has 1 heterocycles. The van der Waals surface area contributed by atoms with Gasteiger partial charge in [-0.1, -0.05) is 6.07 Å². The van der Waals surface area contributed by atoms with Crippen molar-refractivity contribution in [3.05, 3.63) is 23.8 Å². The van der Waals surface area contributed by atoms with Crippen LogP contribution in [-0.4, -0.2) is 37.4 Å². The number of aliphatic carboxylic acids is 1. The molecule has 0 bridgehead atoms. The van der Waals surface area contributed by atoms with Crippen molar-refractivity contribution in [3.63, 3.8) is 0 Å². The quantitative estimate of drug-likeness (QED) is 0.779. The topological polar surface area (TPSA) is 82.1 Å². The largest absolute Gasteiger partial charge is 0.486 e. The van der Waals surface area contributed by atoms with Crippen LogP contribution in [0.3, 0.4) is 0 Å². The maximum absolute atomic E-state index is 10.8. The highest BCUT2D eigenvalue weighted by atomic mass is 16.6. The van der Waals surface area contributed by atoms with E-state index in [2.05, 4.69) is 4.74 Å². The van der Waals surface area contributed by atoms with Gasteiger partial charge in [-0.05, 0) is 17.7 Å². The summed E-state index contributed by atoms with van der Waals surface area (Å²) < 4.78 is 15.5. The number of carboxylic acids is 1. The van der Waals surface area contributed by atoms with Crippen molar-refractivity contribution < 1.29 is 28.9 Å². The molecule has 0 fully saturated rings. The Hall–Kier alpha value is -2.24. The fourth-order valence-corrected chi connectivity index (χ4v) is 1.95. The summed E-state index contributed by atoms with van der Waals surface area (Å²) in [4.78, 5) is 21.1. The lowest BCUT2D eigenvalue weighted by Crippen LogP contribution is -2.17. The average molecular weight is 266 g/mol. The van der Waals surface area contributed by atoms with Crippen LogP contribution in [-0.2, 0) is 14.3 Å². The van der Waals surface area contributed by atoms with Gasteiger partial charge in [0, 0.05) is 5.92 Å². The van der Waals surface area contributed by atoms with Crippen LogP contribution in [0.2, 0.25) is 0 Å². The Kier molecular flexibility index (Phi) is 4.22. The second-order valence-corrected chi connectivity index (χ2v) is 4.13. The molecule has 1 N–H and O–H groups in total. The Labute approximate surface area is 109 Å². The van der Waals surface area contributed by atoms with Gasteiger partial charge in [-0.15, -0.1) is 0 Å².